The average molecular weight is 235 g/mol. The highest BCUT2D eigenvalue weighted by Gasteiger charge is 2.26. The van der Waals surface area contributed by atoms with Crippen LogP contribution in [0.3, 0.4) is 0 Å². The smallest absolute Gasteiger partial charge is 0.349 e. The van der Waals surface area contributed by atoms with E-state index in [0.29, 0.717) is 0 Å². The van der Waals surface area contributed by atoms with E-state index in [1.54, 1.807) is 13.0 Å². The number of carbonyl (C=O) groups excluding carboxylic acids is 1. The van der Waals surface area contributed by atoms with Crippen molar-refractivity contribution in [2.75, 3.05) is 6.61 Å². The Bertz CT molecular complexity index is 482. The number of nitro groups is 1. The molecular weight excluding hydrogens is 226 g/mol. The lowest BCUT2D eigenvalue weighted by atomic mass is 10.1. The lowest BCUT2D eigenvalue weighted by Gasteiger charge is -2.07. The number of allylic oxidation sites excluding steroid dienone is 1. The Morgan fingerprint density at radius 3 is 2.94 bits per heavy atom. The molecular formula is C10H9N3O4. The molecule has 0 bridgehead atoms. The summed E-state index contributed by atoms with van der Waals surface area (Å²) >= 11 is 0. The van der Waals surface area contributed by atoms with Crippen molar-refractivity contribution in [1.82, 2.24) is 5.32 Å². The van der Waals surface area contributed by atoms with Crippen LogP contribution >= 0.6 is 0 Å². The van der Waals surface area contributed by atoms with Crippen molar-refractivity contribution in [3.05, 3.63) is 45.4 Å². The molecule has 0 aliphatic carbocycles. The van der Waals surface area contributed by atoms with E-state index in [0.717, 1.165) is 6.20 Å². The van der Waals surface area contributed by atoms with Gasteiger partial charge in [0.2, 0.25) is 0 Å². The lowest BCUT2D eigenvalue weighted by molar-refractivity contribution is -0.420. The predicted molar refractivity (Wildman–Crippen MR) is 56.6 cm³/mol. The molecule has 0 aromatic rings. The average Bonchev–Trinajstić information content (AvgIpc) is 2.31. The molecule has 0 amide bonds. The number of rotatable bonds is 3. The first kappa shape index (κ1) is 12.4. The fraction of sp³-hybridized carbons (Fsp3) is 0.200. The second kappa shape index (κ2) is 5.46. The molecule has 1 rings (SSSR count). The van der Waals surface area contributed by atoms with Crippen molar-refractivity contribution >= 4 is 5.97 Å². The lowest BCUT2D eigenvalue weighted by Crippen LogP contribution is -2.16. The number of esters is 1. The zero-order chi connectivity index (χ0) is 12.8. The number of hydrogen-bond acceptors (Lipinski definition) is 6. The second-order valence-corrected chi connectivity index (χ2v) is 2.91. The molecule has 88 valence electrons. The number of hydrogen-bond donors (Lipinski definition) is 1. The molecule has 1 aliphatic heterocycles. The maximum Gasteiger partial charge on any atom is 0.349 e. The van der Waals surface area contributed by atoms with E-state index in [2.05, 4.69) is 10.1 Å². The second-order valence-electron chi connectivity index (χ2n) is 2.91. The topological polar surface area (TPSA) is 105 Å². The molecule has 1 aliphatic rings. The summed E-state index contributed by atoms with van der Waals surface area (Å²) in [5.74, 6) is -0.871. The van der Waals surface area contributed by atoms with Crippen LogP contribution in [-0.4, -0.2) is 17.5 Å². The third-order valence-electron chi connectivity index (χ3n) is 1.90. The van der Waals surface area contributed by atoms with Gasteiger partial charge in [-0.2, -0.15) is 5.26 Å². The van der Waals surface area contributed by atoms with Gasteiger partial charge in [0.15, 0.2) is 5.57 Å². The van der Waals surface area contributed by atoms with Crippen LogP contribution in [0.15, 0.2) is 35.3 Å². The molecule has 0 radical (unpaired) electrons. The van der Waals surface area contributed by atoms with Gasteiger partial charge in [0.25, 0.3) is 5.70 Å². The van der Waals surface area contributed by atoms with Gasteiger partial charge in [-0.3, -0.25) is 10.1 Å². The third kappa shape index (κ3) is 2.69. The van der Waals surface area contributed by atoms with Gasteiger partial charge in [0, 0.05) is 6.20 Å². The number of dihydropyridines is 1. The molecule has 0 saturated heterocycles. The van der Waals surface area contributed by atoms with Crippen LogP contribution in [-0.2, 0) is 9.53 Å². The zero-order valence-corrected chi connectivity index (χ0v) is 8.97. The summed E-state index contributed by atoms with van der Waals surface area (Å²) < 4.78 is 4.65. The monoisotopic (exact) mass is 235 g/mol. The summed E-state index contributed by atoms with van der Waals surface area (Å²) in [6.45, 7) is 1.68. The zero-order valence-electron chi connectivity index (χ0n) is 8.97. The maximum absolute atomic E-state index is 11.4. The molecule has 0 fully saturated rings. The first-order chi connectivity index (χ1) is 8.11. The summed E-state index contributed by atoms with van der Waals surface area (Å²) in [4.78, 5) is 21.5. The predicted octanol–water partition coefficient (Wildman–Crippen LogP) is 0.605. The molecule has 0 unspecified atom stereocenters. The van der Waals surface area contributed by atoms with E-state index in [1.165, 1.54) is 12.3 Å². The highest BCUT2D eigenvalue weighted by Crippen LogP contribution is 2.19. The van der Waals surface area contributed by atoms with Crippen molar-refractivity contribution in [1.29, 1.82) is 5.26 Å². The van der Waals surface area contributed by atoms with Crippen LogP contribution in [0.5, 0.6) is 0 Å². The number of nitrogens with zero attached hydrogens (tertiary/aromatic N) is 2. The van der Waals surface area contributed by atoms with Crippen LogP contribution < -0.4 is 5.32 Å². The third-order valence-corrected chi connectivity index (χ3v) is 1.90. The Hall–Kier alpha value is -2.62. The summed E-state index contributed by atoms with van der Waals surface area (Å²) in [6, 6.07) is 1.62. The van der Waals surface area contributed by atoms with Crippen LogP contribution in [0.1, 0.15) is 6.92 Å². The van der Waals surface area contributed by atoms with E-state index in [-0.39, 0.29) is 23.5 Å². The summed E-state index contributed by atoms with van der Waals surface area (Å²) in [6.07, 6.45) is 3.78. The Morgan fingerprint density at radius 1 is 1.71 bits per heavy atom. The molecule has 7 heteroatoms. The van der Waals surface area contributed by atoms with Crippen molar-refractivity contribution in [3.8, 4) is 6.07 Å². The first-order valence-electron chi connectivity index (χ1n) is 4.70. The van der Waals surface area contributed by atoms with Crippen molar-refractivity contribution in [3.63, 3.8) is 0 Å². The fourth-order valence-electron chi connectivity index (χ4n) is 1.20. The van der Waals surface area contributed by atoms with E-state index in [1.807, 2.05) is 0 Å². The normalized spacial score (nSPS) is 16.4. The SMILES string of the molecule is CCOC(=O)C(C#N)=C1C=CNC=C1[N+](=O)[O-]. The summed E-state index contributed by atoms with van der Waals surface area (Å²) in [7, 11) is 0. The number of carbonyl (C=O) groups is 1. The van der Waals surface area contributed by atoms with E-state index < -0.39 is 10.9 Å². The molecule has 1 N–H and O–H groups in total. The Kier molecular flexibility index (Phi) is 4.00. The highest BCUT2D eigenvalue weighted by atomic mass is 16.6. The number of nitriles is 1. The van der Waals surface area contributed by atoms with Gasteiger partial charge >= 0.3 is 5.97 Å². The van der Waals surface area contributed by atoms with Crippen LogP contribution in [0, 0.1) is 21.4 Å². The fourth-order valence-corrected chi connectivity index (χ4v) is 1.20. The molecule has 17 heavy (non-hydrogen) atoms. The minimum atomic E-state index is -0.871. The van der Waals surface area contributed by atoms with Gasteiger partial charge in [0.1, 0.15) is 6.07 Å². The van der Waals surface area contributed by atoms with Crippen molar-refractivity contribution in [2.24, 2.45) is 0 Å². The van der Waals surface area contributed by atoms with Gasteiger partial charge in [-0.25, -0.2) is 4.79 Å². The van der Waals surface area contributed by atoms with E-state index in [4.69, 9.17) is 5.26 Å². The standard InChI is InChI=1S/C10H9N3O4/c1-2-17-10(14)8(5-11)7-3-4-12-6-9(7)13(15)16/h3-4,6,12H,2H2,1H3. The largest absolute Gasteiger partial charge is 0.462 e. The molecule has 1 heterocycles. The first-order valence-corrected chi connectivity index (χ1v) is 4.70. The Labute approximate surface area is 96.8 Å². The van der Waals surface area contributed by atoms with Crippen LogP contribution in [0.4, 0.5) is 0 Å². The van der Waals surface area contributed by atoms with Crippen LogP contribution in [0.2, 0.25) is 0 Å². The molecule has 0 spiro atoms. The Morgan fingerprint density at radius 2 is 2.41 bits per heavy atom. The number of ether oxygens (including phenoxy) is 1. The van der Waals surface area contributed by atoms with Gasteiger partial charge in [-0.15, -0.1) is 0 Å². The molecule has 7 nitrogen and oxygen atoms in total. The van der Waals surface area contributed by atoms with Gasteiger partial charge in [0.05, 0.1) is 23.3 Å². The maximum atomic E-state index is 11.4. The van der Waals surface area contributed by atoms with Gasteiger partial charge < -0.3 is 10.1 Å². The Balaban J connectivity index is 3.24. The van der Waals surface area contributed by atoms with Gasteiger partial charge in [-0.1, -0.05) is 0 Å². The highest BCUT2D eigenvalue weighted by molar-refractivity contribution is 5.95. The van der Waals surface area contributed by atoms with E-state index >= 15 is 0 Å². The minimum Gasteiger partial charge on any atom is -0.462 e. The minimum absolute atomic E-state index is 0.0605. The molecule has 0 saturated carbocycles. The van der Waals surface area contributed by atoms with Crippen molar-refractivity contribution in [2.45, 2.75) is 6.92 Å². The van der Waals surface area contributed by atoms with E-state index in [9.17, 15) is 14.9 Å². The van der Waals surface area contributed by atoms with Crippen molar-refractivity contribution < 1.29 is 14.5 Å². The number of nitrogens with one attached hydrogen (secondary N) is 1. The summed E-state index contributed by atoms with van der Waals surface area (Å²) in [5, 5.41) is 22.1. The van der Waals surface area contributed by atoms with Crippen LogP contribution in [0.25, 0.3) is 0 Å². The van der Waals surface area contributed by atoms with Gasteiger partial charge in [-0.05, 0) is 13.0 Å². The summed E-state index contributed by atoms with van der Waals surface area (Å²) in [5.41, 5.74) is -0.792. The molecule has 0 aromatic heterocycles. The quantitative estimate of drug-likeness (QED) is 0.252. The molecule has 0 atom stereocenters. The molecule has 0 aromatic carbocycles.